The fourth-order valence-electron chi connectivity index (χ4n) is 3.22. The van der Waals surface area contributed by atoms with Gasteiger partial charge in [0.25, 0.3) is 5.91 Å². The van der Waals surface area contributed by atoms with Crippen LogP contribution in [0.5, 0.6) is 0 Å². The van der Waals surface area contributed by atoms with Crippen molar-refractivity contribution in [2.24, 2.45) is 0 Å². The first-order valence-corrected chi connectivity index (χ1v) is 8.48. The monoisotopic (exact) mass is 341 g/mol. The number of anilines is 1. The minimum absolute atomic E-state index is 0.0601. The summed E-state index contributed by atoms with van der Waals surface area (Å²) in [5, 5.41) is 0. The fourth-order valence-corrected chi connectivity index (χ4v) is 3.22. The molecule has 1 aliphatic heterocycles. The minimum atomic E-state index is -0.494. The molecule has 3 heterocycles. The Kier molecular flexibility index (Phi) is 4.83. The molecule has 25 heavy (non-hydrogen) atoms. The van der Waals surface area contributed by atoms with Crippen LogP contribution in [0.15, 0.2) is 29.1 Å². The van der Waals surface area contributed by atoms with Crippen molar-refractivity contribution in [3.05, 3.63) is 51.8 Å². The van der Waals surface area contributed by atoms with E-state index in [0.717, 1.165) is 37.4 Å². The Morgan fingerprint density at radius 3 is 2.84 bits per heavy atom. The molecule has 0 spiro atoms. The van der Waals surface area contributed by atoms with Crippen LogP contribution in [0.2, 0.25) is 0 Å². The van der Waals surface area contributed by atoms with Gasteiger partial charge in [0.05, 0.1) is 0 Å². The number of piperidine rings is 1. The normalized spacial score (nSPS) is 17.4. The van der Waals surface area contributed by atoms with Crippen LogP contribution in [0, 0.1) is 13.8 Å². The summed E-state index contributed by atoms with van der Waals surface area (Å²) >= 11 is 0. The Hall–Kier alpha value is -2.70. The molecule has 0 saturated carbocycles. The first kappa shape index (κ1) is 17.1. The molecular weight excluding hydrogens is 318 g/mol. The van der Waals surface area contributed by atoms with E-state index < -0.39 is 5.69 Å². The quantitative estimate of drug-likeness (QED) is 0.915. The van der Waals surface area contributed by atoms with Gasteiger partial charge in [-0.2, -0.15) is 4.98 Å². The van der Waals surface area contributed by atoms with Crippen molar-refractivity contribution in [1.82, 2.24) is 19.9 Å². The third kappa shape index (κ3) is 3.87. The van der Waals surface area contributed by atoms with Crippen molar-refractivity contribution < 1.29 is 4.79 Å². The second kappa shape index (κ2) is 7.04. The molecule has 2 aromatic rings. The molecule has 132 valence electrons. The Morgan fingerprint density at radius 1 is 1.32 bits per heavy atom. The second-order valence-corrected chi connectivity index (χ2v) is 6.55. The van der Waals surface area contributed by atoms with Gasteiger partial charge in [0.1, 0.15) is 11.5 Å². The second-order valence-electron chi connectivity index (χ2n) is 6.55. The Morgan fingerprint density at radius 2 is 2.12 bits per heavy atom. The number of carbonyl (C=O) groups is 1. The number of carbonyl (C=O) groups excluding carboxylic acids is 1. The topological polar surface area (TPSA) is 82.2 Å². The molecule has 7 nitrogen and oxygen atoms in total. The van der Waals surface area contributed by atoms with Crippen LogP contribution in [0.25, 0.3) is 0 Å². The average molecular weight is 341 g/mol. The van der Waals surface area contributed by atoms with E-state index in [-0.39, 0.29) is 17.6 Å². The summed E-state index contributed by atoms with van der Waals surface area (Å²) in [5.41, 5.74) is 1.30. The van der Waals surface area contributed by atoms with Crippen molar-refractivity contribution >= 4 is 11.7 Å². The maximum Gasteiger partial charge on any atom is 0.345 e. The maximum atomic E-state index is 12.7. The fraction of sp³-hybridized carbons (Fsp3) is 0.444. The predicted octanol–water partition coefficient (Wildman–Crippen LogP) is 1.52. The molecule has 1 saturated heterocycles. The summed E-state index contributed by atoms with van der Waals surface area (Å²) in [5.74, 6) is 0.717. The van der Waals surface area contributed by atoms with Crippen LogP contribution in [0.3, 0.4) is 0 Å². The van der Waals surface area contributed by atoms with Gasteiger partial charge < -0.3 is 14.8 Å². The van der Waals surface area contributed by atoms with E-state index in [1.165, 1.54) is 0 Å². The Bertz CT molecular complexity index is 832. The largest absolute Gasteiger partial charge is 0.355 e. The van der Waals surface area contributed by atoms with Gasteiger partial charge in [-0.25, -0.2) is 9.78 Å². The molecule has 1 fully saturated rings. The van der Waals surface area contributed by atoms with Crippen LogP contribution in [-0.2, 0) is 0 Å². The number of aromatic amines is 1. The highest BCUT2D eigenvalue weighted by Gasteiger charge is 2.28. The summed E-state index contributed by atoms with van der Waals surface area (Å²) in [6.07, 6.45) is 1.91. The van der Waals surface area contributed by atoms with Gasteiger partial charge in [-0.05, 0) is 44.9 Å². The van der Waals surface area contributed by atoms with Crippen molar-refractivity contribution in [1.29, 1.82) is 0 Å². The van der Waals surface area contributed by atoms with Gasteiger partial charge in [0.2, 0.25) is 0 Å². The van der Waals surface area contributed by atoms with Crippen molar-refractivity contribution in [3.8, 4) is 0 Å². The number of nitrogens with one attached hydrogen (secondary N) is 1. The number of hydrogen-bond donors (Lipinski definition) is 1. The van der Waals surface area contributed by atoms with Gasteiger partial charge in [-0.1, -0.05) is 6.07 Å². The zero-order valence-electron chi connectivity index (χ0n) is 14.8. The van der Waals surface area contributed by atoms with Crippen LogP contribution in [0.1, 0.15) is 34.7 Å². The molecule has 0 bridgehead atoms. The Labute approximate surface area is 146 Å². The number of likely N-dealkylation sites (N-methyl/N-ethyl adjacent to an activating group) is 1. The first-order valence-electron chi connectivity index (χ1n) is 8.48. The number of amides is 1. The van der Waals surface area contributed by atoms with Crippen molar-refractivity contribution in [3.63, 3.8) is 0 Å². The number of H-pyrrole nitrogens is 1. The molecular formula is C18H23N5O2. The molecule has 1 aliphatic rings. The van der Waals surface area contributed by atoms with E-state index in [9.17, 15) is 9.59 Å². The van der Waals surface area contributed by atoms with E-state index in [4.69, 9.17) is 0 Å². The zero-order valence-corrected chi connectivity index (χ0v) is 14.8. The van der Waals surface area contributed by atoms with Gasteiger partial charge in [0.15, 0.2) is 0 Å². The van der Waals surface area contributed by atoms with E-state index in [1.807, 2.05) is 25.1 Å². The van der Waals surface area contributed by atoms with Gasteiger partial charge in [-0.15, -0.1) is 0 Å². The lowest BCUT2D eigenvalue weighted by Gasteiger charge is -2.38. The summed E-state index contributed by atoms with van der Waals surface area (Å²) < 4.78 is 0. The van der Waals surface area contributed by atoms with Gasteiger partial charge in [-0.3, -0.25) is 4.79 Å². The van der Waals surface area contributed by atoms with Crippen molar-refractivity contribution in [2.75, 3.05) is 25.0 Å². The predicted molar refractivity (Wildman–Crippen MR) is 95.9 cm³/mol. The number of aryl methyl sites for hydroxylation is 2. The number of aromatic nitrogens is 3. The molecule has 1 N–H and O–H groups in total. The number of hydrogen-bond acceptors (Lipinski definition) is 5. The standard InChI is InChI=1S/C18H23N5O2/c1-12-6-4-8-16(19-12)23-9-5-7-14(11-23)22(3)17(24)15-10-13(2)20-18(25)21-15/h4,6,8,10,14H,5,7,9,11H2,1-3H3,(H,20,21,25). The molecule has 1 unspecified atom stereocenters. The molecule has 1 atom stereocenters. The van der Waals surface area contributed by atoms with Crippen molar-refractivity contribution in [2.45, 2.75) is 32.7 Å². The number of pyridine rings is 1. The Balaban J connectivity index is 1.76. The van der Waals surface area contributed by atoms with Crippen LogP contribution >= 0.6 is 0 Å². The molecule has 0 aliphatic carbocycles. The summed E-state index contributed by atoms with van der Waals surface area (Å²) in [6.45, 7) is 5.37. The van der Waals surface area contributed by atoms with E-state index in [1.54, 1.807) is 24.9 Å². The lowest BCUT2D eigenvalue weighted by molar-refractivity contribution is 0.0710. The maximum absolute atomic E-state index is 12.7. The zero-order chi connectivity index (χ0) is 18.0. The summed E-state index contributed by atoms with van der Waals surface area (Å²) in [7, 11) is 1.78. The highest BCUT2D eigenvalue weighted by Crippen LogP contribution is 2.21. The molecule has 0 radical (unpaired) electrons. The first-order chi connectivity index (χ1) is 11.9. The lowest BCUT2D eigenvalue weighted by Crippen LogP contribution is -2.49. The highest BCUT2D eigenvalue weighted by molar-refractivity contribution is 5.92. The van der Waals surface area contributed by atoms with Gasteiger partial charge in [0, 0.05) is 37.6 Å². The van der Waals surface area contributed by atoms with E-state index in [2.05, 4.69) is 19.9 Å². The minimum Gasteiger partial charge on any atom is -0.355 e. The number of nitrogens with zero attached hydrogens (tertiary/aromatic N) is 4. The smallest absolute Gasteiger partial charge is 0.345 e. The van der Waals surface area contributed by atoms with E-state index >= 15 is 0 Å². The van der Waals surface area contributed by atoms with E-state index in [0.29, 0.717) is 5.69 Å². The lowest BCUT2D eigenvalue weighted by atomic mass is 10.0. The molecule has 0 aromatic carbocycles. The van der Waals surface area contributed by atoms with Crippen LogP contribution < -0.4 is 10.6 Å². The molecule has 7 heteroatoms. The van der Waals surface area contributed by atoms with Gasteiger partial charge >= 0.3 is 5.69 Å². The summed E-state index contributed by atoms with van der Waals surface area (Å²) in [6, 6.07) is 7.65. The molecule has 2 aromatic heterocycles. The summed E-state index contributed by atoms with van der Waals surface area (Å²) in [4.78, 5) is 39.1. The molecule has 3 rings (SSSR count). The third-order valence-electron chi connectivity index (χ3n) is 4.56. The highest BCUT2D eigenvalue weighted by atomic mass is 16.2. The third-order valence-corrected chi connectivity index (χ3v) is 4.56. The average Bonchev–Trinajstić information content (AvgIpc) is 2.60. The number of rotatable bonds is 3. The van der Waals surface area contributed by atoms with Crippen LogP contribution in [0.4, 0.5) is 5.82 Å². The molecule has 1 amide bonds. The van der Waals surface area contributed by atoms with Crippen LogP contribution in [-0.4, -0.2) is 51.9 Å². The SMILES string of the molecule is Cc1cccc(N2CCCC(N(C)C(=O)c3cc(C)[nH]c(=O)n3)C2)n1.